The first-order valence-electron chi connectivity index (χ1n) is 11.2. The molecule has 0 amide bonds. The van der Waals surface area contributed by atoms with Crippen molar-refractivity contribution in [1.29, 1.82) is 0 Å². The first-order chi connectivity index (χ1) is 13.0. The number of rotatable bonds is 20. The van der Waals surface area contributed by atoms with Gasteiger partial charge in [0.2, 0.25) is 0 Å². The van der Waals surface area contributed by atoms with Gasteiger partial charge in [-0.25, -0.2) is 0 Å². The van der Waals surface area contributed by atoms with Gasteiger partial charge in [-0.05, 0) is 35.5 Å². The summed E-state index contributed by atoms with van der Waals surface area (Å²) < 4.78 is 12.3. The molecular formula is C20H46O2S3Si2. The zero-order valence-corrected chi connectivity index (χ0v) is 23.6. The van der Waals surface area contributed by atoms with Gasteiger partial charge in [-0.1, -0.05) is 87.3 Å². The zero-order valence-electron chi connectivity index (χ0n) is 18.8. The monoisotopic (exact) mass is 470 g/mol. The van der Waals surface area contributed by atoms with Gasteiger partial charge >= 0.3 is 0 Å². The van der Waals surface area contributed by atoms with Crippen molar-refractivity contribution in [3.8, 4) is 0 Å². The van der Waals surface area contributed by atoms with Crippen LogP contribution in [0.25, 0.3) is 0 Å². The van der Waals surface area contributed by atoms with Crippen LogP contribution in [0.2, 0.25) is 26.2 Å². The molecule has 0 spiro atoms. The lowest BCUT2D eigenvalue weighted by molar-refractivity contribution is 0.0974. The molecule has 0 aliphatic rings. The van der Waals surface area contributed by atoms with Crippen molar-refractivity contribution in [2.24, 2.45) is 0 Å². The third-order valence-electron chi connectivity index (χ3n) is 4.71. The largest absolute Gasteiger partial charge is 0.382 e. The molecule has 0 aliphatic carbocycles. The van der Waals surface area contributed by atoms with Crippen LogP contribution in [0, 0.1) is 0 Å². The Balaban J connectivity index is 3.73. The number of hydrogen-bond acceptors (Lipinski definition) is 5. The van der Waals surface area contributed by atoms with Crippen LogP contribution in [0.1, 0.15) is 65.2 Å². The van der Waals surface area contributed by atoms with E-state index in [0.29, 0.717) is 11.5 Å². The molecule has 0 aromatic rings. The van der Waals surface area contributed by atoms with Gasteiger partial charge in [0.1, 0.15) is 0 Å². The lowest BCUT2D eigenvalue weighted by Gasteiger charge is -2.21. The second-order valence-corrected chi connectivity index (χ2v) is 18.9. The first kappa shape index (κ1) is 28.4. The van der Waals surface area contributed by atoms with Gasteiger partial charge in [-0.15, -0.1) is 0 Å². The van der Waals surface area contributed by atoms with Crippen molar-refractivity contribution >= 4 is 49.0 Å². The minimum absolute atomic E-state index is 0.563. The molecule has 164 valence electrons. The predicted octanol–water partition coefficient (Wildman–Crippen LogP) is 7.00. The second-order valence-electron chi connectivity index (χ2n) is 8.01. The van der Waals surface area contributed by atoms with E-state index in [1.54, 1.807) is 0 Å². The molecule has 0 N–H and O–H groups in total. The fourth-order valence-electron chi connectivity index (χ4n) is 2.82. The van der Waals surface area contributed by atoms with Crippen LogP contribution in [-0.4, -0.2) is 53.8 Å². The summed E-state index contributed by atoms with van der Waals surface area (Å²) in [6.45, 7) is 16.1. The summed E-state index contributed by atoms with van der Waals surface area (Å²) in [6.07, 6.45) is 10.1. The molecule has 0 saturated carbocycles. The van der Waals surface area contributed by atoms with Crippen LogP contribution in [0.4, 0.5) is 0 Å². The predicted molar refractivity (Wildman–Crippen MR) is 138 cm³/mol. The van der Waals surface area contributed by atoms with Crippen molar-refractivity contribution in [1.82, 2.24) is 0 Å². The highest BCUT2D eigenvalue weighted by Crippen LogP contribution is 2.36. The summed E-state index contributed by atoms with van der Waals surface area (Å²) in [4.78, 5) is 0. The molecule has 7 heteroatoms. The normalized spacial score (nSPS) is 14.2. The minimum atomic E-state index is -0.707. The summed E-state index contributed by atoms with van der Waals surface area (Å²) in [5.41, 5.74) is 1.13. The first-order valence-corrected chi connectivity index (χ1v) is 20.9. The molecule has 0 radical (unpaired) electrons. The Labute approximate surface area is 185 Å². The molecule has 2 unspecified atom stereocenters. The molecule has 0 heterocycles. The fraction of sp³-hybridized carbons (Fsp3) is 1.00. The van der Waals surface area contributed by atoms with Crippen molar-refractivity contribution in [3.05, 3.63) is 0 Å². The topological polar surface area (TPSA) is 18.5 Å². The Hall–Kier alpha value is 1.40. The van der Waals surface area contributed by atoms with Gasteiger partial charge in [-0.2, -0.15) is 0 Å². The Kier molecular flexibility index (Phi) is 21.7. The van der Waals surface area contributed by atoms with E-state index in [9.17, 15) is 0 Å². The van der Waals surface area contributed by atoms with E-state index in [1.165, 1.54) is 62.9 Å². The van der Waals surface area contributed by atoms with Crippen LogP contribution >= 0.6 is 31.4 Å². The molecule has 0 fully saturated rings. The van der Waals surface area contributed by atoms with Gasteiger partial charge in [0.25, 0.3) is 0 Å². The molecule has 0 bridgehead atoms. The maximum Gasteiger partial charge on any atom is 0.0656 e. The van der Waals surface area contributed by atoms with E-state index in [0.717, 1.165) is 13.2 Å². The molecule has 2 atom stereocenters. The van der Waals surface area contributed by atoms with Crippen LogP contribution < -0.4 is 0 Å². The van der Waals surface area contributed by atoms with E-state index in [4.69, 9.17) is 9.47 Å². The number of hydrogen-bond donors (Lipinski definition) is 0. The third-order valence-corrected chi connectivity index (χ3v) is 13.0. The lowest BCUT2D eigenvalue weighted by atomic mass is 10.3. The highest BCUT2D eigenvalue weighted by Gasteiger charge is 2.16. The zero-order chi connectivity index (χ0) is 20.3. The number of unbranched alkanes of at least 4 members (excludes halogenated alkanes) is 4. The van der Waals surface area contributed by atoms with Crippen LogP contribution in [0.3, 0.4) is 0 Å². The molecule has 0 aromatic heterocycles. The van der Waals surface area contributed by atoms with E-state index >= 15 is 0 Å². The highest BCUT2D eigenvalue weighted by atomic mass is 33.5. The summed E-state index contributed by atoms with van der Waals surface area (Å²) in [7, 11) is 4.60. The number of ether oxygens (including phenoxy) is 2. The van der Waals surface area contributed by atoms with Crippen molar-refractivity contribution in [3.63, 3.8) is 0 Å². The van der Waals surface area contributed by atoms with Crippen LogP contribution in [-0.2, 0) is 9.47 Å². The summed E-state index contributed by atoms with van der Waals surface area (Å²) in [5, 5.41) is 0. The molecule has 0 saturated heterocycles. The third kappa shape index (κ3) is 17.9. The summed E-state index contributed by atoms with van der Waals surface area (Å²) in [6, 6.07) is 0. The van der Waals surface area contributed by atoms with Crippen LogP contribution in [0.15, 0.2) is 0 Å². The average Bonchev–Trinajstić information content (AvgIpc) is 2.63. The minimum Gasteiger partial charge on any atom is -0.382 e. The van der Waals surface area contributed by atoms with Gasteiger partial charge in [0.15, 0.2) is 0 Å². The van der Waals surface area contributed by atoms with E-state index in [1.807, 2.05) is 31.4 Å². The van der Waals surface area contributed by atoms with Crippen molar-refractivity contribution < 1.29 is 9.47 Å². The molecule has 0 aromatic carbocycles. The smallest absolute Gasteiger partial charge is 0.0656 e. The Bertz CT molecular complexity index is 283. The average molecular weight is 471 g/mol. The molecular weight excluding hydrogens is 425 g/mol. The maximum absolute atomic E-state index is 6.17. The summed E-state index contributed by atoms with van der Waals surface area (Å²) in [5.74, 6) is 2.44. The van der Waals surface area contributed by atoms with Gasteiger partial charge in [0, 0.05) is 36.2 Å². The molecule has 0 rings (SSSR count). The van der Waals surface area contributed by atoms with E-state index < -0.39 is 17.6 Å². The van der Waals surface area contributed by atoms with Gasteiger partial charge in [-0.3, -0.25) is 0 Å². The van der Waals surface area contributed by atoms with E-state index in [2.05, 4.69) is 40.0 Å². The standard InChI is InChI=1S/C20H46O2S3Si2/c1-7-9-11-15-21-19(26(3)4)13-17-23-25-24-18-14-20(27(5)6)22-16-12-10-8-2/h19-20,26-27H,7-18H2,1-6H3. The second kappa shape index (κ2) is 20.7. The van der Waals surface area contributed by atoms with Gasteiger partial charge in [0.05, 0.1) is 17.6 Å². The van der Waals surface area contributed by atoms with Gasteiger partial charge < -0.3 is 9.47 Å². The highest BCUT2D eigenvalue weighted by molar-refractivity contribution is 9.09. The van der Waals surface area contributed by atoms with E-state index in [-0.39, 0.29) is 0 Å². The Morgan fingerprint density at radius 1 is 0.667 bits per heavy atom. The van der Waals surface area contributed by atoms with Crippen molar-refractivity contribution in [2.75, 3.05) is 24.7 Å². The summed E-state index contributed by atoms with van der Waals surface area (Å²) >= 11 is 0. The Morgan fingerprint density at radius 3 is 1.41 bits per heavy atom. The fourth-order valence-corrected chi connectivity index (χ4v) is 9.90. The maximum atomic E-state index is 6.17. The molecule has 2 nitrogen and oxygen atoms in total. The Morgan fingerprint density at radius 2 is 1.07 bits per heavy atom. The SMILES string of the molecule is CCCCCOC(CCSSSCCC(OCCCCC)[SiH](C)C)[SiH](C)C. The van der Waals surface area contributed by atoms with Crippen LogP contribution in [0.5, 0.6) is 0 Å². The van der Waals surface area contributed by atoms with Crippen molar-refractivity contribution in [2.45, 2.75) is 103 Å². The molecule has 27 heavy (non-hydrogen) atoms. The lowest BCUT2D eigenvalue weighted by Crippen LogP contribution is -2.29. The quantitative estimate of drug-likeness (QED) is 0.108. The molecule has 0 aliphatic heterocycles.